The second kappa shape index (κ2) is 11.9. The largest absolute Gasteiger partial charge is 0.497 e. The standard InChI is InChI=1S/C25H32N4O5S/c1-7-10-34-24(31)22-16(2)27-25-29(18(15-35-25)13-21(30)26-8-9-28(3)4)23(22)17-11-19(32-5)14-20(12-17)33-6/h7,11-12,14-15,23H,1,8-10,13H2,2-6H3,(H,26,30)/t23-/m1/s1. The van der Waals surface area contributed by atoms with E-state index in [-0.39, 0.29) is 18.9 Å². The van der Waals surface area contributed by atoms with Crippen LogP contribution in [0.5, 0.6) is 11.5 Å². The van der Waals surface area contributed by atoms with Crippen molar-refractivity contribution in [2.75, 3.05) is 48.0 Å². The highest BCUT2D eigenvalue weighted by atomic mass is 32.2. The topological polar surface area (TPSA) is 92.7 Å². The fraction of sp³-hybridized carbons (Fsp3) is 0.400. The summed E-state index contributed by atoms with van der Waals surface area (Å²) in [6.07, 6.45) is 1.66. The first-order chi connectivity index (χ1) is 16.8. The van der Waals surface area contributed by atoms with Crippen LogP contribution in [0.25, 0.3) is 0 Å². The van der Waals surface area contributed by atoms with Gasteiger partial charge in [0.2, 0.25) is 5.91 Å². The van der Waals surface area contributed by atoms with Crippen LogP contribution in [0, 0.1) is 0 Å². The van der Waals surface area contributed by atoms with Crippen LogP contribution in [0.3, 0.4) is 0 Å². The molecule has 1 amide bonds. The third kappa shape index (κ3) is 6.26. The summed E-state index contributed by atoms with van der Waals surface area (Å²) >= 11 is 1.42. The van der Waals surface area contributed by atoms with Crippen molar-refractivity contribution in [3.63, 3.8) is 0 Å². The number of amides is 1. The van der Waals surface area contributed by atoms with E-state index in [1.165, 1.54) is 17.8 Å². The summed E-state index contributed by atoms with van der Waals surface area (Å²) in [6.45, 7) is 6.77. The molecule has 2 aliphatic rings. The molecule has 0 bridgehead atoms. The van der Waals surface area contributed by atoms with Gasteiger partial charge in [-0.2, -0.15) is 0 Å². The summed E-state index contributed by atoms with van der Waals surface area (Å²) in [5.74, 6) is 0.560. The Morgan fingerprint density at radius 2 is 1.91 bits per heavy atom. The van der Waals surface area contributed by atoms with E-state index in [0.29, 0.717) is 34.5 Å². The van der Waals surface area contributed by atoms with Gasteiger partial charge in [0.1, 0.15) is 18.1 Å². The number of carbonyl (C=O) groups is 2. The van der Waals surface area contributed by atoms with E-state index in [4.69, 9.17) is 14.2 Å². The molecule has 1 atom stereocenters. The number of rotatable bonds is 11. The predicted octanol–water partition coefficient (Wildman–Crippen LogP) is 3.08. The average Bonchev–Trinajstić information content (AvgIpc) is 3.22. The summed E-state index contributed by atoms with van der Waals surface area (Å²) < 4.78 is 16.4. The van der Waals surface area contributed by atoms with Gasteiger partial charge in [-0.1, -0.05) is 24.4 Å². The van der Waals surface area contributed by atoms with Gasteiger partial charge >= 0.3 is 5.97 Å². The summed E-state index contributed by atoms with van der Waals surface area (Å²) in [5, 5.41) is 5.53. The predicted molar refractivity (Wildman–Crippen MR) is 137 cm³/mol. The van der Waals surface area contributed by atoms with Gasteiger partial charge in [0, 0.05) is 24.9 Å². The van der Waals surface area contributed by atoms with E-state index >= 15 is 0 Å². The number of hydrogen-bond donors (Lipinski definition) is 1. The Hall–Kier alpha value is -3.24. The van der Waals surface area contributed by atoms with Crippen molar-refractivity contribution in [1.29, 1.82) is 0 Å². The Balaban J connectivity index is 2.01. The van der Waals surface area contributed by atoms with E-state index < -0.39 is 12.0 Å². The molecule has 0 aliphatic carbocycles. The number of esters is 1. The van der Waals surface area contributed by atoms with Gasteiger partial charge in [-0.3, -0.25) is 4.79 Å². The fourth-order valence-corrected chi connectivity index (χ4v) is 4.76. The fourth-order valence-electron chi connectivity index (χ4n) is 3.79. The lowest BCUT2D eigenvalue weighted by Gasteiger charge is -2.36. The smallest absolute Gasteiger partial charge is 0.338 e. The van der Waals surface area contributed by atoms with E-state index in [1.54, 1.807) is 27.2 Å². The number of likely N-dealkylation sites (N-methyl/N-ethyl adjacent to an activating group) is 1. The molecule has 0 aromatic heterocycles. The zero-order valence-electron chi connectivity index (χ0n) is 20.8. The molecule has 1 aromatic rings. The molecule has 188 valence electrons. The Bertz CT molecular complexity index is 1060. The Morgan fingerprint density at radius 1 is 1.23 bits per heavy atom. The maximum absolute atomic E-state index is 13.2. The maximum atomic E-state index is 13.2. The molecule has 1 aromatic carbocycles. The van der Waals surface area contributed by atoms with Gasteiger partial charge in [-0.15, -0.1) is 0 Å². The molecule has 9 nitrogen and oxygen atoms in total. The molecule has 1 N–H and O–H groups in total. The lowest BCUT2D eigenvalue weighted by Crippen LogP contribution is -2.38. The van der Waals surface area contributed by atoms with Crippen LogP contribution in [0.4, 0.5) is 0 Å². The zero-order valence-corrected chi connectivity index (χ0v) is 21.6. The van der Waals surface area contributed by atoms with E-state index in [2.05, 4.69) is 16.9 Å². The molecule has 2 aliphatic heterocycles. The molecular weight excluding hydrogens is 468 g/mol. The van der Waals surface area contributed by atoms with E-state index in [1.807, 2.05) is 41.4 Å². The normalized spacial score (nSPS) is 17.0. The minimum absolute atomic E-state index is 0.0755. The van der Waals surface area contributed by atoms with Crippen LogP contribution in [0.1, 0.15) is 24.9 Å². The lowest BCUT2D eigenvalue weighted by molar-refractivity contribution is -0.138. The van der Waals surface area contributed by atoms with Crippen LogP contribution >= 0.6 is 11.8 Å². The molecule has 0 saturated carbocycles. The molecule has 2 heterocycles. The monoisotopic (exact) mass is 500 g/mol. The number of aliphatic imine (C=N–C) groups is 1. The summed E-state index contributed by atoms with van der Waals surface area (Å²) in [7, 11) is 7.05. The number of ether oxygens (including phenoxy) is 3. The number of amidine groups is 1. The number of fused-ring (bicyclic) bond motifs is 1. The summed E-state index contributed by atoms with van der Waals surface area (Å²) in [5.41, 5.74) is 2.42. The van der Waals surface area contributed by atoms with Crippen molar-refractivity contribution in [1.82, 2.24) is 15.1 Å². The van der Waals surface area contributed by atoms with Crippen LogP contribution in [-0.2, 0) is 14.3 Å². The highest BCUT2D eigenvalue weighted by Gasteiger charge is 2.41. The van der Waals surface area contributed by atoms with Crippen LogP contribution in [0.2, 0.25) is 0 Å². The van der Waals surface area contributed by atoms with Crippen molar-refractivity contribution < 1.29 is 23.8 Å². The SMILES string of the molecule is C=CCOC(=O)C1=C(C)N=C2SC=C(CC(=O)NCCN(C)C)N2[C@@H]1c1cc(OC)cc(OC)c1. The molecule has 0 fully saturated rings. The minimum atomic E-state index is -0.584. The van der Waals surface area contributed by atoms with E-state index in [9.17, 15) is 9.59 Å². The second-order valence-corrected chi connectivity index (χ2v) is 9.09. The van der Waals surface area contributed by atoms with Crippen molar-refractivity contribution in [2.45, 2.75) is 19.4 Å². The van der Waals surface area contributed by atoms with Gasteiger partial charge < -0.3 is 29.3 Å². The number of benzene rings is 1. The van der Waals surface area contributed by atoms with Crippen LogP contribution < -0.4 is 14.8 Å². The number of hydrogen-bond acceptors (Lipinski definition) is 9. The summed E-state index contributed by atoms with van der Waals surface area (Å²) in [6, 6.07) is 4.88. The van der Waals surface area contributed by atoms with Gasteiger partial charge in [0.25, 0.3) is 0 Å². The van der Waals surface area contributed by atoms with Gasteiger partial charge in [-0.05, 0) is 44.1 Å². The molecule has 10 heteroatoms. The molecule has 35 heavy (non-hydrogen) atoms. The number of nitrogens with one attached hydrogen (secondary N) is 1. The first-order valence-corrected chi connectivity index (χ1v) is 12.0. The van der Waals surface area contributed by atoms with Crippen molar-refractivity contribution in [3.05, 3.63) is 58.8 Å². The molecule has 0 radical (unpaired) electrons. The maximum Gasteiger partial charge on any atom is 0.338 e. The molecular formula is C25H32N4O5S. The molecule has 3 rings (SSSR count). The van der Waals surface area contributed by atoms with Crippen molar-refractivity contribution >= 4 is 28.8 Å². The highest BCUT2D eigenvalue weighted by Crippen LogP contribution is 2.46. The number of methoxy groups -OCH3 is 2. The van der Waals surface area contributed by atoms with Crippen LogP contribution in [-0.4, -0.2) is 74.9 Å². The van der Waals surface area contributed by atoms with E-state index in [0.717, 1.165) is 17.8 Å². The zero-order chi connectivity index (χ0) is 25.5. The van der Waals surface area contributed by atoms with Crippen LogP contribution in [0.15, 0.2) is 58.2 Å². The molecule has 0 saturated heterocycles. The highest BCUT2D eigenvalue weighted by molar-refractivity contribution is 8.16. The number of allylic oxidation sites excluding steroid dienone is 1. The second-order valence-electron chi connectivity index (χ2n) is 8.26. The van der Waals surface area contributed by atoms with Gasteiger partial charge in [0.15, 0.2) is 5.17 Å². The quantitative estimate of drug-likeness (QED) is 0.366. The first-order valence-electron chi connectivity index (χ1n) is 11.2. The van der Waals surface area contributed by atoms with Gasteiger partial charge in [-0.25, -0.2) is 9.79 Å². The molecule has 0 spiro atoms. The Morgan fingerprint density at radius 3 is 2.51 bits per heavy atom. The minimum Gasteiger partial charge on any atom is -0.497 e. The van der Waals surface area contributed by atoms with Crippen molar-refractivity contribution in [2.24, 2.45) is 4.99 Å². The third-order valence-corrected chi connectivity index (χ3v) is 6.35. The Kier molecular flexibility index (Phi) is 9.00. The first kappa shape index (κ1) is 26.4. The number of carbonyl (C=O) groups excluding carboxylic acids is 2. The molecule has 0 unspecified atom stereocenters. The number of nitrogens with zero attached hydrogens (tertiary/aromatic N) is 3. The van der Waals surface area contributed by atoms with Gasteiger partial charge in [0.05, 0.1) is 38.0 Å². The lowest BCUT2D eigenvalue weighted by atomic mass is 9.93. The Labute approximate surface area is 210 Å². The number of thioether (sulfide) groups is 1. The average molecular weight is 501 g/mol. The third-order valence-electron chi connectivity index (χ3n) is 5.47. The summed E-state index contributed by atoms with van der Waals surface area (Å²) in [4.78, 5) is 34.5. The van der Waals surface area contributed by atoms with Crippen molar-refractivity contribution in [3.8, 4) is 11.5 Å².